The van der Waals surface area contributed by atoms with Crippen LogP contribution in [0.15, 0.2) is 84.9 Å². The van der Waals surface area contributed by atoms with Crippen LogP contribution in [0.4, 0.5) is 17.1 Å². The highest BCUT2D eigenvalue weighted by atomic mass is 16.5. The zero-order valence-corrected chi connectivity index (χ0v) is 25.6. The molecular formula is C37H41NO4. The van der Waals surface area contributed by atoms with E-state index in [4.69, 9.17) is 9.47 Å². The Balaban J connectivity index is 1.62. The molecule has 0 radical (unpaired) electrons. The van der Waals surface area contributed by atoms with Crippen LogP contribution < -0.4 is 4.90 Å². The summed E-state index contributed by atoms with van der Waals surface area (Å²) in [5, 5.41) is 0. The molecule has 218 valence electrons. The molecule has 0 saturated carbocycles. The van der Waals surface area contributed by atoms with Crippen LogP contribution in [0.25, 0.3) is 11.1 Å². The van der Waals surface area contributed by atoms with Gasteiger partial charge in [0.15, 0.2) is 0 Å². The molecule has 4 aromatic carbocycles. The van der Waals surface area contributed by atoms with E-state index in [9.17, 15) is 9.59 Å². The largest absolute Gasteiger partial charge is 0.466 e. The van der Waals surface area contributed by atoms with E-state index in [1.807, 2.05) is 24.3 Å². The number of carbonyl (C=O) groups is 2. The maximum atomic E-state index is 12.2. The van der Waals surface area contributed by atoms with Crippen molar-refractivity contribution < 1.29 is 19.1 Å². The molecular weight excluding hydrogens is 522 g/mol. The van der Waals surface area contributed by atoms with E-state index >= 15 is 0 Å². The van der Waals surface area contributed by atoms with Gasteiger partial charge in [-0.15, -0.1) is 0 Å². The number of benzene rings is 4. The standard InChI is InChI=1S/C37H41NO4/c1-7-41-36(39)23-32(24-37(40)42-8-2)31-13-11-29(12-14-31)30-15-19-33(20-16-30)38(34-17-9-25(3)27(5)21-34)35-18-10-26(4)28(6)22-35/h9-22,32H,7-8,23-24H2,1-6H3. The summed E-state index contributed by atoms with van der Waals surface area (Å²) >= 11 is 0. The first-order valence-corrected chi connectivity index (χ1v) is 14.7. The quantitative estimate of drug-likeness (QED) is 0.170. The Labute approximate surface area is 250 Å². The van der Waals surface area contributed by atoms with Crippen LogP contribution in [0.5, 0.6) is 0 Å². The molecule has 4 rings (SSSR count). The number of hydrogen-bond acceptors (Lipinski definition) is 5. The van der Waals surface area contributed by atoms with E-state index < -0.39 is 0 Å². The molecule has 0 aliphatic rings. The molecule has 5 heteroatoms. The Morgan fingerprint density at radius 1 is 0.571 bits per heavy atom. The monoisotopic (exact) mass is 563 g/mol. The van der Waals surface area contributed by atoms with Crippen molar-refractivity contribution in [2.24, 2.45) is 0 Å². The van der Waals surface area contributed by atoms with E-state index in [2.05, 4.69) is 93.3 Å². The van der Waals surface area contributed by atoms with Gasteiger partial charge < -0.3 is 14.4 Å². The molecule has 0 bridgehead atoms. The Kier molecular flexibility index (Phi) is 10.2. The van der Waals surface area contributed by atoms with Gasteiger partial charge in [-0.2, -0.15) is 0 Å². The molecule has 0 saturated heterocycles. The zero-order valence-electron chi connectivity index (χ0n) is 25.6. The second-order valence-electron chi connectivity index (χ2n) is 10.8. The van der Waals surface area contributed by atoms with E-state index in [-0.39, 0.29) is 30.7 Å². The molecule has 0 aliphatic heterocycles. The first kappa shape index (κ1) is 30.6. The molecule has 42 heavy (non-hydrogen) atoms. The van der Waals surface area contributed by atoms with Gasteiger partial charge in [-0.25, -0.2) is 0 Å². The van der Waals surface area contributed by atoms with Gasteiger partial charge in [0, 0.05) is 23.0 Å². The second-order valence-corrected chi connectivity index (χ2v) is 10.8. The summed E-state index contributed by atoms with van der Waals surface area (Å²) in [6.45, 7) is 12.7. The van der Waals surface area contributed by atoms with Crippen molar-refractivity contribution in [3.8, 4) is 11.1 Å². The third kappa shape index (κ3) is 7.47. The molecule has 0 N–H and O–H groups in total. The molecule has 0 aromatic heterocycles. The summed E-state index contributed by atoms with van der Waals surface area (Å²) < 4.78 is 10.3. The van der Waals surface area contributed by atoms with Gasteiger partial charge in [-0.05, 0) is 117 Å². The molecule has 0 amide bonds. The molecule has 0 spiro atoms. The maximum Gasteiger partial charge on any atom is 0.306 e. The number of anilines is 3. The van der Waals surface area contributed by atoms with Crippen LogP contribution in [0.3, 0.4) is 0 Å². The van der Waals surface area contributed by atoms with Crippen LogP contribution in [-0.4, -0.2) is 25.2 Å². The van der Waals surface area contributed by atoms with Gasteiger partial charge in [0.05, 0.1) is 26.1 Å². The fourth-order valence-corrected chi connectivity index (χ4v) is 5.08. The number of nitrogens with zero attached hydrogens (tertiary/aromatic N) is 1. The van der Waals surface area contributed by atoms with Crippen LogP contribution in [0, 0.1) is 27.7 Å². The number of rotatable bonds is 11. The molecule has 0 atom stereocenters. The van der Waals surface area contributed by atoms with Crippen molar-refractivity contribution in [3.63, 3.8) is 0 Å². The van der Waals surface area contributed by atoms with Crippen molar-refractivity contribution in [2.75, 3.05) is 18.1 Å². The third-order valence-corrected chi connectivity index (χ3v) is 7.78. The normalized spacial score (nSPS) is 10.9. The smallest absolute Gasteiger partial charge is 0.306 e. The first-order valence-electron chi connectivity index (χ1n) is 14.7. The number of carbonyl (C=O) groups excluding carboxylic acids is 2. The molecule has 5 nitrogen and oxygen atoms in total. The van der Waals surface area contributed by atoms with Crippen molar-refractivity contribution in [2.45, 2.75) is 60.3 Å². The zero-order chi connectivity index (χ0) is 30.2. The highest BCUT2D eigenvalue weighted by Crippen LogP contribution is 2.37. The van der Waals surface area contributed by atoms with E-state index in [1.165, 1.54) is 22.3 Å². The van der Waals surface area contributed by atoms with E-state index in [0.29, 0.717) is 13.2 Å². The third-order valence-electron chi connectivity index (χ3n) is 7.78. The first-order chi connectivity index (χ1) is 20.2. The number of esters is 2. The highest BCUT2D eigenvalue weighted by molar-refractivity contribution is 5.79. The van der Waals surface area contributed by atoms with Crippen molar-refractivity contribution in [1.29, 1.82) is 0 Å². The van der Waals surface area contributed by atoms with Crippen molar-refractivity contribution >= 4 is 29.0 Å². The van der Waals surface area contributed by atoms with Crippen LogP contribution in [-0.2, 0) is 19.1 Å². The maximum absolute atomic E-state index is 12.2. The van der Waals surface area contributed by atoms with Gasteiger partial charge in [0.2, 0.25) is 0 Å². The Bertz CT molecular complexity index is 1450. The fourth-order valence-electron chi connectivity index (χ4n) is 5.08. The Morgan fingerprint density at radius 3 is 1.38 bits per heavy atom. The van der Waals surface area contributed by atoms with Crippen LogP contribution in [0.2, 0.25) is 0 Å². The predicted octanol–water partition coefficient (Wildman–Crippen LogP) is 9.05. The molecule has 0 unspecified atom stereocenters. The van der Waals surface area contributed by atoms with Crippen LogP contribution in [0.1, 0.15) is 60.4 Å². The fraction of sp³-hybridized carbons (Fsp3) is 0.297. The minimum absolute atomic E-state index is 0.132. The van der Waals surface area contributed by atoms with Gasteiger partial charge in [-0.3, -0.25) is 9.59 Å². The summed E-state index contributed by atoms with van der Waals surface area (Å²) in [6.07, 6.45) is 0.265. The molecule has 0 heterocycles. The van der Waals surface area contributed by atoms with Gasteiger partial charge in [-0.1, -0.05) is 48.5 Å². The average Bonchev–Trinajstić information content (AvgIpc) is 2.97. The molecule has 0 aliphatic carbocycles. The number of hydrogen-bond donors (Lipinski definition) is 0. The summed E-state index contributed by atoms with van der Waals surface area (Å²) in [4.78, 5) is 26.8. The highest BCUT2D eigenvalue weighted by Gasteiger charge is 2.21. The van der Waals surface area contributed by atoms with Crippen molar-refractivity contribution in [3.05, 3.63) is 113 Å². The number of aryl methyl sites for hydroxylation is 4. The Morgan fingerprint density at radius 2 is 0.976 bits per heavy atom. The van der Waals surface area contributed by atoms with Crippen molar-refractivity contribution in [1.82, 2.24) is 0 Å². The van der Waals surface area contributed by atoms with Crippen LogP contribution >= 0.6 is 0 Å². The lowest BCUT2D eigenvalue weighted by molar-refractivity contribution is -0.145. The van der Waals surface area contributed by atoms with Gasteiger partial charge in [0.1, 0.15) is 0 Å². The summed E-state index contributed by atoms with van der Waals surface area (Å²) in [7, 11) is 0. The Hall–Kier alpha value is -4.38. The van der Waals surface area contributed by atoms with E-state index in [0.717, 1.165) is 33.8 Å². The lowest BCUT2D eigenvalue weighted by Gasteiger charge is -2.27. The van der Waals surface area contributed by atoms with Gasteiger partial charge in [0.25, 0.3) is 0 Å². The van der Waals surface area contributed by atoms with E-state index in [1.54, 1.807) is 13.8 Å². The lowest BCUT2D eigenvalue weighted by atomic mass is 9.91. The average molecular weight is 564 g/mol. The predicted molar refractivity (Wildman–Crippen MR) is 171 cm³/mol. The minimum Gasteiger partial charge on any atom is -0.466 e. The molecule has 0 fully saturated rings. The summed E-state index contributed by atoms with van der Waals surface area (Å²) in [5.74, 6) is -0.934. The summed E-state index contributed by atoms with van der Waals surface area (Å²) in [5.41, 5.74) is 11.4. The number of ether oxygens (including phenoxy) is 2. The lowest BCUT2D eigenvalue weighted by Crippen LogP contribution is -2.15. The van der Waals surface area contributed by atoms with Gasteiger partial charge >= 0.3 is 11.9 Å². The second kappa shape index (κ2) is 14.0. The summed E-state index contributed by atoms with van der Waals surface area (Å²) in [6, 6.07) is 29.8. The SMILES string of the molecule is CCOC(=O)CC(CC(=O)OCC)c1ccc(-c2ccc(N(c3ccc(C)c(C)c3)c3ccc(C)c(C)c3)cc2)cc1. The topological polar surface area (TPSA) is 55.8 Å². The minimum atomic E-state index is -0.316. The molecule has 4 aromatic rings.